The molecule has 1 amide bonds. The molecule has 0 saturated carbocycles. The van der Waals surface area contributed by atoms with Crippen LogP contribution in [0, 0.1) is 5.92 Å². The topological polar surface area (TPSA) is 110 Å². The fourth-order valence-corrected chi connectivity index (χ4v) is 1.35. The Hall–Kier alpha value is -1.99. The van der Waals surface area contributed by atoms with Gasteiger partial charge in [-0.15, -0.1) is 5.10 Å². The van der Waals surface area contributed by atoms with Crippen molar-refractivity contribution in [1.82, 2.24) is 25.5 Å². The average molecular weight is 241 g/mol. The van der Waals surface area contributed by atoms with Gasteiger partial charge in [-0.05, 0) is 16.8 Å². The third kappa shape index (κ3) is 4.58. The molecule has 8 heteroatoms. The molecule has 0 bridgehead atoms. The van der Waals surface area contributed by atoms with Gasteiger partial charge in [0.2, 0.25) is 5.91 Å². The molecule has 17 heavy (non-hydrogen) atoms. The molecule has 0 radical (unpaired) electrons. The smallest absolute Gasteiger partial charge is 0.308 e. The molecule has 0 aliphatic carbocycles. The van der Waals surface area contributed by atoms with Crippen LogP contribution in [0.4, 0.5) is 0 Å². The van der Waals surface area contributed by atoms with Gasteiger partial charge in [0.1, 0.15) is 12.9 Å². The van der Waals surface area contributed by atoms with Crippen LogP contribution < -0.4 is 5.32 Å². The molecular formula is C9H15N5O3. The highest BCUT2D eigenvalue weighted by molar-refractivity contribution is 5.77. The fraction of sp³-hybridized carbons (Fsp3) is 0.667. The number of tetrazole rings is 1. The van der Waals surface area contributed by atoms with Gasteiger partial charge in [-0.25, -0.2) is 4.68 Å². The normalized spacial score (nSPS) is 12.1. The van der Waals surface area contributed by atoms with Crippen molar-refractivity contribution in [2.24, 2.45) is 5.92 Å². The van der Waals surface area contributed by atoms with E-state index in [4.69, 9.17) is 5.11 Å². The zero-order chi connectivity index (χ0) is 12.7. The molecule has 1 atom stereocenters. The molecular weight excluding hydrogens is 226 g/mol. The summed E-state index contributed by atoms with van der Waals surface area (Å²) in [7, 11) is 0. The highest BCUT2D eigenvalue weighted by atomic mass is 16.4. The summed E-state index contributed by atoms with van der Waals surface area (Å²) in [6.07, 6.45) is 2.63. The van der Waals surface area contributed by atoms with E-state index in [0.717, 1.165) is 6.42 Å². The van der Waals surface area contributed by atoms with E-state index in [9.17, 15) is 9.59 Å². The molecule has 0 saturated heterocycles. The Morgan fingerprint density at radius 1 is 1.53 bits per heavy atom. The second-order valence-corrected chi connectivity index (χ2v) is 3.64. The quantitative estimate of drug-likeness (QED) is 0.652. The van der Waals surface area contributed by atoms with Crippen LogP contribution in [0.5, 0.6) is 0 Å². The number of rotatable bonds is 7. The number of nitrogens with one attached hydrogen (secondary N) is 1. The van der Waals surface area contributed by atoms with Gasteiger partial charge in [0.05, 0.1) is 5.92 Å². The third-order valence-electron chi connectivity index (χ3n) is 2.23. The maximum atomic E-state index is 11.4. The van der Waals surface area contributed by atoms with Crippen LogP contribution in [0.1, 0.15) is 19.8 Å². The molecule has 0 aliphatic heterocycles. The molecule has 1 heterocycles. The summed E-state index contributed by atoms with van der Waals surface area (Å²) < 4.78 is 1.27. The predicted molar refractivity (Wildman–Crippen MR) is 56.9 cm³/mol. The number of nitrogens with zero attached hydrogens (tertiary/aromatic N) is 4. The maximum Gasteiger partial charge on any atom is 0.308 e. The van der Waals surface area contributed by atoms with Gasteiger partial charge in [0.25, 0.3) is 0 Å². The van der Waals surface area contributed by atoms with Gasteiger partial charge in [0, 0.05) is 6.54 Å². The zero-order valence-corrected chi connectivity index (χ0v) is 9.54. The molecule has 0 spiro atoms. The molecule has 2 N–H and O–H groups in total. The van der Waals surface area contributed by atoms with Gasteiger partial charge < -0.3 is 10.4 Å². The van der Waals surface area contributed by atoms with E-state index >= 15 is 0 Å². The second-order valence-electron chi connectivity index (χ2n) is 3.64. The summed E-state index contributed by atoms with van der Waals surface area (Å²) in [6, 6.07) is 0. The highest BCUT2D eigenvalue weighted by Gasteiger charge is 2.17. The number of carboxylic acid groups (broad SMARTS) is 1. The van der Waals surface area contributed by atoms with E-state index in [-0.39, 0.29) is 19.0 Å². The Bertz CT molecular complexity index is 365. The van der Waals surface area contributed by atoms with Crippen molar-refractivity contribution in [1.29, 1.82) is 0 Å². The van der Waals surface area contributed by atoms with Gasteiger partial charge in [-0.1, -0.05) is 13.3 Å². The van der Waals surface area contributed by atoms with Gasteiger partial charge in [0.15, 0.2) is 0 Å². The Balaban J connectivity index is 2.33. The van der Waals surface area contributed by atoms with Crippen LogP contribution in [0.15, 0.2) is 6.33 Å². The summed E-state index contributed by atoms with van der Waals surface area (Å²) in [5, 5.41) is 21.7. The first-order chi connectivity index (χ1) is 8.13. The van der Waals surface area contributed by atoms with Crippen molar-refractivity contribution in [3.05, 3.63) is 6.33 Å². The summed E-state index contributed by atoms with van der Waals surface area (Å²) in [5.41, 5.74) is 0. The molecule has 1 rings (SSSR count). The molecule has 0 aromatic carbocycles. The molecule has 1 aromatic rings. The minimum absolute atomic E-state index is 0.00847. The van der Waals surface area contributed by atoms with Crippen LogP contribution >= 0.6 is 0 Å². The van der Waals surface area contributed by atoms with Crippen molar-refractivity contribution in [3.63, 3.8) is 0 Å². The number of aromatic nitrogens is 4. The first-order valence-corrected chi connectivity index (χ1v) is 5.33. The van der Waals surface area contributed by atoms with E-state index in [0.29, 0.717) is 6.42 Å². The van der Waals surface area contributed by atoms with Crippen molar-refractivity contribution < 1.29 is 14.7 Å². The van der Waals surface area contributed by atoms with Crippen molar-refractivity contribution in [2.45, 2.75) is 26.3 Å². The molecule has 0 aliphatic rings. The lowest BCUT2D eigenvalue weighted by molar-refractivity contribution is -0.141. The first kappa shape index (κ1) is 13.1. The van der Waals surface area contributed by atoms with Crippen LogP contribution in [0.2, 0.25) is 0 Å². The van der Waals surface area contributed by atoms with E-state index in [1.165, 1.54) is 11.0 Å². The minimum Gasteiger partial charge on any atom is -0.481 e. The van der Waals surface area contributed by atoms with E-state index in [1.54, 1.807) is 0 Å². The number of hydrogen-bond donors (Lipinski definition) is 2. The molecule has 94 valence electrons. The summed E-state index contributed by atoms with van der Waals surface area (Å²) in [5.74, 6) is -1.74. The minimum atomic E-state index is -0.894. The van der Waals surface area contributed by atoms with E-state index in [1.807, 2.05) is 6.92 Å². The van der Waals surface area contributed by atoms with Crippen molar-refractivity contribution in [3.8, 4) is 0 Å². The molecule has 1 unspecified atom stereocenters. The monoisotopic (exact) mass is 241 g/mol. The van der Waals surface area contributed by atoms with Crippen LogP contribution in [-0.4, -0.2) is 43.7 Å². The molecule has 1 aromatic heterocycles. The number of amides is 1. The summed E-state index contributed by atoms with van der Waals surface area (Å²) in [4.78, 5) is 22.3. The predicted octanol–water partition coefficient (Wildman–Crippen LogP) is -0.710. The fourth-order valence-electron chi connectivity index (χ4n) is 1.35. The second kappa shape index (κ2) is 6.56. The number of carbonyl (C=O) groups is 2. The first-order valence-electron chi connectivity index (χ1n) is 5.33. The SMILES string of the molecule is CCCC(CNC(=O)Cn1cnnn1)C(=O)O. The lowest BCUT2D eigenvalue weighted by Gasteiger charge is -2.11. The summed E-state index contributed by atoms with van der Waals surface area (Å²) >= 11 is 0. The van der Waals surface area contributed by atoms with Crippen LogP contribution in [-0.2, 0) is 16.1 Å². The Morgan fingerprint density at radius 3 is 2.82 bits per heavy atom. The van der Waals surface area contributed by atoms with E-state index in [2.05, 4.69) is 20.8 Å². The highest BCUT2D eigenvalue weighted by Crippen LogP contribution is 2.04. The zero-order valence-electron chi connectivity index (χ0n) is 9.54. The number of aliphatic carboxylic acids is 1. The van der Waals surface area contributed by atoms with Crippen LogP contribution in [0.3, 0.4) is 0 Å². The van der Waals surface area contributed by atoms with Gasteiger partial charge in [-0.2, -0.15) is 0 Å². The maximum absolute atomic E-state index is 11.4. The number of carbonyl (C=O) groups excluding carboxylic acids is 1. The Morgan fingerprint density at radius 2 is 2.29 bits per heavy atom. The molecule has 8 nitrogen and oxygen atoms in total. The van der Waals surface area contributed by atoms with Crippen LogP contribution in [0.25, 0.3) is 0 Å². The van der Waals surface area contributed by atoms with Crippen molar-refractivity contribution in [2.75, 3.05) is 6.54 Å². The average Bonchev–Trinajstić information content (AvgIpc) is 2.76. The largest absolute Gasteiger partial charge is 0.481 e. The third-order valence-corrected chi connectivity index (χ3v) is 2.23. The molecule has 0 fully saturated rings. The summed E-state index contributed by atoms with van der Waals surface area (Å²) in [6.45, 7) is 2.02. The lowest BCUT2D eigenvalue weighted by Crippen LogP contribution is -2.35. The van der Waals surface area contributed by atoms with Gasteiger partial charge >= 0.3 is 5.97 Å². The Kier molecular flexibility index (Phi) is 5.05. The van der Waals surface area contributed by atoms with Crippen molar-refractivity contribution >= 4 is 11.9 Å². The van der Waals surface area contributed by atoms with Gasteiger partial charge in [-0.3, -0.25) is 9.59 Å². The number of hydrogen-bond acceptors (Lipinski definition) is 5. The number of carboxylic acids is 1. The lowest BCUT2D eigenvalue weighted by atomic mass is 10.0. The van der Waals surface area contributed by atoms with E-state index < -0.39 is 11.9 Å². The standard InChI is InChI=1S/C9H15N5O3/c1-2-3-7(9(16)17)4-10-8(15)5-14-6-11-12-13-14/h6-7H,2-5H2,1H3,(H,10,15)(H,16,17). The Labute approximate surface area is 98.0 Å².